The first-order chi connectivity index (χ1) is 14.1. The quantitative estimate of drug-likeness (QED) is 0.724. The van der Waals surface area contributed by atoms with Gasteiger partial charge in [0.25, 0.3) is 5.91 Å². The van der Waals surface area contributed by atoms with E-state index in [2.05, 4.69) is 17.2 Å². The number of carbonyl (C=O) groups excluding carboxylic acids is 3. The molecule has 4 amide bonds. The number of carbonyl (C=O) groups is 3. The van der Waals surface area contributed by atoms with Gasteiger partial charge in [0.2, 0.25) is 5.91 Å². The van der Waals surface area contributed by atoms with Crippen molar-refractivity contribution >= 4 is 29.2 Å². The second-order valence-electron chi connectivity index (χ2n) is 6.33. The Bertz CT molecular complexity index is 1020. The summed E-state index contributed by atoms with van der Waals surface area (Å²) in [6.45, 7) is 3.61. The second kappa shape index (κ2) is 7.90. The lowest BCUT2D eigenvalue weighted by Crippen LogP contribution is -2.59. The van der Waals surface area contributed by atoms with Crippen LogP contribution in [0.15, 0.2) is 60.8 Å². The molecule has 3 rings (SSSR count). The fourth-order valence-corrected chi connectivity index (χ4v) is 2.89. The number of ether oxygens (including phenoxy) is 1. The molecule has 0 radical (unpaired) electrons. The summed E-state index contributed by atoms with van der Waals surface area (Å²) in [5.74, 6) is -2.86. The number of methoxy groups -OCH3 is 1. The maximum atomic E-state index is 12.9. The van der Waals surface area contributed by atoms with Gasteiger partial charge in [-0.15, -0.1) is 0 Å². The van der Waals surface area contributed by atoms with Crippen LogP contribution in [0.2, 0.25) is 0 Å². The van der Waals surface area contributed by atoms with E-state index in [0.717, 1.165) is 17.0 Å². The van der Waals surface area contributed by atoms with Gasteiger partial charge in [0.1, 0.15) is 5.75 Å². The predicted octanol–water partition coefficient (Wildman–Crippen LogP) is 3.54. The van der Waals surface area contributed by atoms with Gasteiger partial charge in [-0.05, 0) is 42.5 Å². The number of imide groups is 2. The minimum atomic E-state index is -4.56. The third-order valence-corrected chi connectivity index (χ3v) is 4.34. The predicted molar refractivity (Wildman–Crippen MR) is 102 cm³/mol. The molecule has 2 N–H and O–H groups in total. The van der Waals surface area contributed by atoms with Crippen LogP contribution >= 0.6 is 0 Å². The zero-order valence-electron chi connectivity index (χ0n) is 15.6. The van der Waals surface area contributed by atoms with Crippen molar-refractivity contribution in [2.75, 3.05) is 17.3 Å². The second-order valence-corrected chi connectivity index (χ2v) is 6.33. The number of barbiturate groups is 1. The highest BCUT2D eigenvalue weighted by atomic mass is 19.4. The van der Waals surface area contributed by atoms with Crippen LogP contribution in [0.25, 0.3) is 0 Å². The average molecular weight is 419 g/mol. The summed E-state index contributed by atoms with van der Waals surface area (Å²) in [7, 11) is 1.45. The van der Waals surface area contributed by atoms with Crippen molar-refractivity contribution in [3.63, 3.8) is 0 Å². The zero-order chi connectivity index (χ0) is 22.1. The Morgan fingerprint density at radius 2 is 1.80 bits per heavy atom. The highest BCUT2D eigenvalue weighted by Crippen LogP contribution is 2.32. The number of alkyl halides is 3. The third-order valence-electron chi connectivity index (χ3n) is 4.34. The van der Waals surface area contributed by atoms with Crippen LogP contribution in [0.5, 0.6) is 5.75 Å². The van der Waals surface area contributed by atoms with E-state index >= 15 is 0 Å². The van der Waals surface area contributed by atoms with Crippen LogP contribution in [0.4, 0.5) is 29.3 Å². The molecule has 1 saturated heterocycles. The smallest absolute Gasteiger partial charge is 0.416 e. The number of hydrogen-bond donors (Lipinski definition) is 2. The summed E-state index contributed by atoms with van der Waals surface area (Å²) >= 11 is 0. The van der Waals surface area contributed by atoms with Crippen LogP contribution in [-0.2, 0) is 15.8 Å². The molecule has 0 unspecified atom stereocenters. The maximum Gasteiger partial charge on any atom is 0.416 e. The summed E-state index contributed by atoms with van der Waals surface area (Å²) < 4.78 is 43.7. The third kappa shape index (κ3) is 4.12. The summed E-state index contributed by atoms with van der Waals surface area (Å²) in [6.07, 6.45) is -4.56. The molecule has 10 heteroatoms. The number of nitrogens with one attached hydrogen (secondary N) is 2. The van der Waals surface area contributed by atoms with Gasteiger partial charge in [-0.1, -0.05) is 12.6 Å². The molecule has 0 aromatic heterocycles. The standard InChI is InChI=1S/C20H16F3N3O4/c1-11(24-13-5-3-4-12(10-13)20(21,22)23)16-17(27)25-19(29)26(18(16)28)14-6-8-15(30-2)9-7-14/h3-10,16,24H,1H2,2H3,(H,25,27,29)/t16-/m1/s1. The molecule has 30 heavy (non-hydrogen) atoms. The van der Waals surface area contributed by atoms with Gasteiger partial charge < -0.3 is 10.1 Å². The van der Waals surface area contributed by atoms with Crippen molar-refractivity contribution in [1.29, 1.82) is 0 Å². The lowest BCUT2D eigenvalue weighted by atomic mass is 10.0. The van der Waals surface area contributed by atoms with Crippen molar-refractivity contribution < 1.29 is 32.3 Å². The Morgan fingerprint density at radius 3 is 2.40 bits per heavy atom. The van der Waals surface area contributed by atoms with Crippen molar-refractivity contribution in [1.82, 2.24) is 5.32 Å². The van der Waals surface area contributed by atoms with Crippen LogP contribution < -0.4 is 20.3 Å². The zero-order valence-corrected chi connectivity index (χ0v) is 15.6. The molecule has 1 fully saturated rings. The summed E-state index contributed by atoms with van der Waals surface area (Å²) in [4.78, 5) is 38.1. The fraction of sp³-hybridized carbons (Fsp3) is 0.150. The molecule has 0 aliphatic carbocycles. The Labute approximate surface area is 169 Å². The van der Waals surface area contributed by atoms with E-state index in [9.17, 15) is 27.6 Å². The van der Waals surface area contributed by atoms with Gasteiger partial charge in [0.05, 0.1) is 18.4 Å². The van der Waals surface area contributed by atoms with Crippen LogP contribution in [0.3, 0.4) is 0 Å². The first kappa shape index (κ1) is 20.9. The molecule has 156 valence electrons. The molecule has 1 heterocycles. The molecule has 2 aromatic carbocycles. The molecular weight excluding hydrogens is 403 g/mol. The van der Waals surface area contributed by atoms with Crippen molar-refractivity contribution in [2.24, 2.45) is 5.92 Å². The monoisotopic (exact) mass is 419 g/mol. The Kier molecular flexibility index (Phi) is 5.50. The molecule has 0 spiro atoms. The van der Waals surface area contributed by atoms with E-state index < -0.39 is 35.5 Å². The fourth-order valence-electron chi connectivity index (χ4n) is 2.89. The number of benzene rings is 2. The molecule has 1 aliphatic rings. The molecule has 1 aliphatic heterocycles. The van der Waals surface area contributed by atoms with Gasteiger partial charge in [0, 0.05) is 11.4 Å². The maximum absolute atomic E-state index is 12.9. The lowest BCUT2D eigenvalue weighted by Gasteiger charge is -2.31. The van der Waals surface area contributed by atoms with E-state index in [1.807, 2.05) is 0 Å². The van der Waals surface area contributed by atoms with Crippen molar-refractivity contribution in [2.45, 2.75) is 6.18 Å². The first-order valence-electron chi connectivity index (χ1n) is 8.57. The highest BCUT2D eigenvalue weighted by Gasteiger charge is 2.43. The number of nitrogens with zero attached hydrogens (tertiary/aromatic N) is 1. The molecular formula is C20H16F3N3O4. The minimum absolute atomic E-state index is 0.0108. The molecule has 2 aromatic rings. The lowest BCUT2D eigenvalue weighted by molar-refractivity contribution is -0.137. The number of hydrogen-bond acceptors (Lipinski definition) is 5. The molecule has 0 saturated carbocycles. The normalized spacial score (nSPS) is 16.9. The van der Waals surface area contributed by atoms with Gasteiger partial charge in [0.15, 0.2) is 5.92 Å². The number of rotatable bonds is 5. The number of anilines is 2. The van der Waals surface area contributed by atoms with E-state index in [-0.39, 0.29) is 17.1 Å². The average Bonchev–Trinajstić information content (AvgIpc) is 2.67. The number of amides is 4. The largest absolute Gasteiger partial charge is 0.497 e. The van der Waals surface area contributed by atoms with E-state index in [0.29, 0.717) is 5.75 Å². The van der Waals surface area contributed by atoms with Gasteiger partial charge in [-0.2, -0.15) is 13.2 Å². The summed E-state index contributed by atoms with van der Waals surface area (Å²) in [6, 6.07) is 9.22. The topological polar surface area (TPSA) is 87.7 Å². The SMILES string of the molecule is C=C(Nc1cccc(C(F)(F)F)c1)[C@@H]1C(=O)NC(=O)N(c2ccc(OC)cc2)C1=O. The van der Waals surface area contributed by atoms with E-state index in [1.165, 1.54) is 43.5 Å². The summed E-state index contributed by atoms with van der Waals surface area (Å²) in [5, 5.41) is 4.61. The van der Waals surface area contributed by atoms with Gasteiger partial charge in [-0.3, -0.25) is 14.9 Å². The first-order valence-corrected chi connectivity index (χ1v) is 8.57. The summed E-state index contributed by atoms with van der Waals surface area (Å²) in [5.41, 5.74) is -0.913. The van der Waals surface area contributed by atoms with Gasteiger partial charge >= 0.3 is 12.2 Å². The van der Waals surface area contributed by atoms with Crippen LogP contribution in [0, 0.1) is 5.92 Å². The Hall–Kier alpha value is -3.82. The van der Waals surface area contributed by atoms with Gasteiger partial charge in [-0.25, -0.2) is 9.69 Å². The van der Waals surface area contributed by atoms with Crippen molar-refractivity contribution in [3.8, 4) is 5.75 Å². The van der Waals surface area contributed by atoms with E-state index in [4.69, 9.17) is 4.74 Å². The highest BCUT2D eigenvalue weighted by molar-refractivity contribution is 6.28. The van der Waals surface area contributed by atoms with Crippen molar-refractivity contribution in [3.05, 3.63) is 66.4 Å². The molecule has 0 bridgehead atoms. The number of urea groups is 1. The Morgan fingerprint density at radius 1 is 1.13 bits per heavy atom. The van der Waals surface area contributed by atoms with E-state index in [1.54, 1.807) is 0 Å². The minimum Gasteiger partial charge on any atom is -0.497 e. The number of halogens is 3. The molecule has 1 atom stereocenters. The molecule has 7 nitrogen and oxygen atoms in total. The van der Waals surface area contributed by atoms with Crippen LogP contribution in [-0.4, -0.2) is 25.0 Å². The Balaban J connectivity index is 1.85. The van der Waals surface area contributed by atoms with Crippen LogP contribution in [0.1, 0.15) is 5.56 Å².